The van der Waals surface area contributed by atoms with E-state index in [4.69, 9.17) is 5.11 Å². The lowest BCUT2D eigenvalue weighted by Crippen LogP contribution is -2.21. The summed E-state index contributed by atoms with van der Waals surface area (Å²) >= 11 is 3.30. The van der Waals surface area contributed by atoms with E-state index in [2.05, 4.69) is 26.2 Å². The lowest BCUT2D eigenvalue weighted by atomic mass is 10.0. The minimum Gasteiger partial charge on any atom is -0.481 e. The number of carboxylic acids is 1. The molecule has 0 radical (unpaired) electrons. The van der Waals surface area contributed by atoms with Gasteiger partial charge in [-0.05, 0) is 53.7 Å². The van der Waals surface area contributed by atoms with Crippen molar-refractivity contribution in [2.45, 2.75) is 26.2 Å². The van der Waals surface area contributed by atoms with Crippen molar-refractivity contribution in [3.63, 3.8) is 0 Å². The quantitative estimate of drug-likeness (QED) is 0.837. The van der Waals surface area contributed by atoms with Gasteiger partial charge in [0.25, 0.3) is 0 Å². The molecule has 1 aromatic heterocycles. The van der Waals surface area contributed by atoms with Crippen molar-refractivity contribution in [1.29, 1.82) is 0 Å². The van der Waals surface area contributed by atoms with Crippen molar-refractivity contribution >= 4 is 33.5 Å². The molecule has 0 spiro atoms. The van der Waals surface area contributed by atoms with E-state index in [-0.39, 0.29) is 17.7 Å². The molecule has 19 heavy (non-hydrogen) atoms. The third kappa shape index (κ3) is 3.32. The molecule has 0 aromatic carbocycles. The summed E-state index contributed by atoms with van der Waals surface area (Å²) in [6.07, 6.45) is 3.21. The van der Waals surface area contributed by atoms with E-state index < -0.39 is 5.97 Å². The van der Waals surface area contributed by atoms with Crippen LogP contribution in [-0.4, -0.2) is 22.0 Å². The van der Waals surface area contributed by atoms with Gasteiger partial charge in [-0.3, -0.25) is 9.59 Å². The number of aromatic nitrogens is 1. The summed E-state index contributed by atoms with van der Waals surface area (Å²) in [5.74, 6) is -1.53. The van der Waals surface area contributed by atoms with Gasteiger partial charge in [-0.2, -0.15) is 0 Å². The molecular formula is C13H15BrN2O3. The van der Waals surface area contributed by atoms with Crippen LogP contribution in [0, 0.1) is 18.8 Å². The molecule has 0 saturated heterocycles. The smallest absolute Gasteiger partial charge is 0.306 e. The van der Waals surface area contributed by atoms with E-state index in [0.29, 0.717) is 24.9 Å². The predicted octanol–water partition coefficient (Wildman–Crippen LogP) is 2.59. The first-order valence-corrected chi connectivity index (χ1v) is 6.92. The molecule has 2 N–H and O–H groups in total. The maximum Gasteiger partial charge on any atom is 0.306 e. The van der Waals surface area contributed by atoms with Crippen molar-refractivity contribution < 1.29 is 14.7 Å². The number of carbonyl (C=O) groups excluding carboxylic acids is 1. The first kappa shape index (κ1) is 14.0. The second-order valence-corrected chi connectivity index (χ2v) is 5.62. The Morgan fingerprint density at radius 1 is 1.42 bits per heavy atom. The SMILES string of the molecule is Cc1cc(NC(=O)C2CCC(C(=O)O)C2)cnc1Br. The number of hydrogen-bond acceptors (Lipinski definition) is 3. The molecule has 1 aromatic rings. The van der Waals surface area contributed by atoms with E-state index in [1.807, 2.05) is 13.0 Å². The highest BCUT2D eigenvalue weighted by Crippen LogP contribution is 2.32. The lowest BCUT2D eigenvalue weighted by Gasteiger charge is -2.11. The van der Waals surface area contributed by atoms with Crippen molar-refractivity contribution in [3.8, 4) is 0 Å². The molecule has 2 rings (SSSR count). The standard InChI is InChI=1S/C13H15BrN2O3/c1-7-4-10(6-15-11(7)14)16-12(17)8-2-3-9(5-8)13(18)19/h4,6,8-9H,2-3,5H2,1H3,(H,16,17)(H,18,19). The van der Waals surface area contributed by atoms with Gasteiger partial charge in [0.15, 0.2) is 0 Å². The average molecular weight is 327 g/mol. The van der Waals surface area contributed by atoms with Gasteiger partial charge in [0.2, 0.25) is 5.91 Å². The molecule has 0 bridgehead atoms. The zero-order chi connectivity index (χ0) is 14.0. The minimum absolute atomic E-state index is 0.118. The van der Waals surface area contributed by atoms with Crippen molar-refractivity contribution in [2.24, 2.45) is 11.8 Å². The molecule has 1 fully saturated rings. The topological polar surface area (TPSA) is 79.3 Å². The molecule has 2 unspecified atom stereocenters. The van der Waals surface area contributed by atoms with Gasteiger partial charge in [0, 0.05) is 5.92 Å². The molecule has 1 heterocycles. The van der Waals surface area contributed by atoms with Crippen LogP contribution in [0.3, 0.4) is 0 Å². The molecule has 0 aliphatic heterocycles. The van der Waals surface area contributed by atoms with Crippen molar-refractivity contribution in [1.82, 2.24) is 4.98 Å². The number of nitrogens with zero attached hydrogens (tertiary/aromatic N) is 1. The number of aliphatic carboxylic acids is 1. The Morgan fingerprint density at radius 3 is 2.68 bits per heavy atom. The Kier molecular flexibility index (Phi) is 4.19. The number of halogens is 1. The van der Waals surface area contributed by atoms with Crippen LogP contribution >= 0.6 is 15.9 Å². The van der Waals surface area contributed by atoms with Crippen LogP contribution in [0.25, 0.3) is 0 Å². The molecule has 1 aliphatic carbocycles. The number of carbonyl (C=O) groups is 2. The normalized spacial score (nSPS) is 22.2. The number of pyridine rings is 1. The van der Waals surface area contributed by atoms with E-state index in [1.165, 1.54) is 0 Å². The molecule has 1 saturated carbocycles. The highest BCUT2D eigenvalue weighted by atomic mass is 79.9. The maximum atomic E-state index is 12.0. The largest absolute Gasteiger partial charge is 0.481 e. The molecule has 6 heteroatoms. The van der Waals surface area contributed by atoms with Crippen LogP contribution in [0.4, 0.5) is 5.69 Å². The number of carboxylic acid groups (broad SMARTS) is 1. The molecule has 5 nitrogen and oxygen atoms in total. The fourth-order valence-corrected chi connectivity index (χ4v) is 2.53. The van der Waals surface area contributed by atoms with Gasteiger partial charge in [-0.1, -0.05) is 0 Å². The number of aryl methyl sites for hydroxylation is 1. The molecule has 1 aliphatic rings. The van der Waals surface area contributed by atoms with Crippen LogP contribution < -0.4 is 5.32 Å². The van der Waals surface area contributed by atoms with Crippen LogP contribution in [0.5, 0.6) is 0 Å². The lowest BCUT2D eigenvalue weighted by molar-refractivity contribution is -0.141. The van der Waals surface area contributed by atoms with Gasteiger partial charge in [0.05, 0.1) is 17.8 Å². The highest BCUT2D eigenvalue weighted by molar-refractivity contribution is 9.10. The fourth-order valence-electron chi connectivity index (χ4n) is 2.31. The van der Waals surface area contributed by atoms with E-state index in [9.17, 15) is 9.59 Å². The van der Waals surface area contributed by atoms with Crippen LogP contribution in [-0.2, 0) is 9.59 Å². The summed E-state index contributed by atoms with van der Waals surface area (Å²) in [6, 6.07) is 1.83. The fraction of sp³-hybridized carbons (Fsp3) is 0.462. The summed E-state index contributed by atoms with van der Waals surface area (Å²) < 4.78 is 0.748. The molecule has 1 amide bonds. The molecule has 102 valence electrons. The maximum absolute atomic E-state index is 12.0. The summed E-state index contributed by atoms with van der Waals surface area (Å²) in [6.45, 7) is 1.89. The number of rotatable bonds is 3. The first-order valence-electron chi connectivity index (χ1n) is 6.13. The van der Waals surface area contributed by atoms with Gasteiger partial charge in [-0.25, -0.2) is 4.98 Å². The highest BCUT2D eigenvalue weighted by Gasteiger charge is 2.33. The van der Waals surface area contributed by atoms with Gasteiger partial charge in [0.1, 0.15) is 4.60 Å². The Balaban J connectivity index is 1.98. The number of hydrogen-bond donors (Lipinski definition) is 2. The minimum atomic E-state index is -0.809. The zero-order valence-corrected chi connectivity index (χ0v) is 12.1. The van der Waals surface area contributed by atoms with Crippen molar-refractivity contribution in [3.05, 3.63) is 22.4 Å². The van der Waals surface area contributed by atoms with E-state index >= 15 is 0 Å². The second-order valence-electron chi connectivity index (χ2n) is 4.87. The summed E-state index contributed by atoms with van der Waals surface area (Å²) in [4.78, 5) is 27.0. The van der Waals surface area contributed by atoms with Crippen LogP contribution in [0.2, 0.25) is 0 Å². The zero-order valence-electron chi connectivity index (χ0n) is 10.5. The first-order chi connectivity index (χ1) is 8.97. The van der Waals surface area contributed by atoms with Crippen molar-refractivity contribution in [2.75, 3.05) is 5.32 Å². The monoisotopic (exact) mass is 326 g/mol. The Morgan fingerprint density at radius 2 is 2.11 bits per heavy atom. The molecule has 2 atom stereocenters. The number of nitrogens with one attached hydrogen (secondary N) is 1. The van der Waals surface area contributed by atoms with Crippen LogP contribution in [0.1, 0.15) is 24.8 Å². The molecular weight excluding hydrogens is 312 g/mol. The van der Waals surface area contributed by atoms with E-state index in [0.717, 1.165) is 10.2 Å². The summed E-state index contributed by atoms with van der Waals surface area (Å²) in [7, 11) is 0. The summed E-state index contributed by atoms with van der Waals surface area (Å²) in [5.41, 5.74) is 1.58. The Labute approximate surface area is 119 Å². The third-order valence-electron chi connectivity index (χ3n) is 3.43. The van der Waals surface area contributed by atoms with Gasteiger partial charge >= 0.3 is 5.97 Å². The third-order valence-corrected chi connectivity index (χ3v) is 4.26. The van der Waals surface area contributed by atoms with Gasteiger partial charge in [-0.15, -0.1) is 0 Å². The van der Waals surface area contributed by atoms with Gasteiger partial charge < -0.3 is 10.4 Å². The number of amides is 1. The predicted molar refractivity (Wildman–Crippen MR) is 73.8 cm³/mol. The Bertz CT molecular complexity index is 519. The summed E-state index contributed by atoms with van der Waals surface area (Å²) in [5, 5.41) is 11.7. The van der Waals surface area contributed by atoms with Crippen LogP contribution in [0.15, 0.2) is 16.9 Å². The Hall–Kier alpha value is -1.43. The second kappa shape index (κ2) is 5.69. The average Bonchev–Trinajstić information content (AvgIpc) is 2.83. The number of anilines is 1. The van der Waals surface area contributed by atoms with E-state index in [1.54, 1.807) is 6.20 Å².